The van der Waals surface area contributed by atoms with Gasteiger partial charge in [0.15, 0.2) is 12.7 Å². The number of rotatable bonds is 4. The van der Waals surface area contributed by atoms with E-state index >= 15 is 0 Å². The largest absolute Gasteiger partial charge is 0.481 e. The molecule has 6 nitrogen and oxygen atoms in total. The first-order valence-corrected chi connectivity index (χ1v) is 4.73. The quantitative estimate of drug-likeness (QED) is 0.759. The van der Waals surface area contributed by atoms with Gasteiger partial charge in [0.25, 0.3) is 0 Å². The number of aliphatic carboxylic acids is 1. The van der Waals surface area contributed by atoms with Crippen LogP contribution < -0.4 is 4.68 Å². The molecule has 2 heterocycles. The molecule has 1 N–H and O–H groups in total. The molecular weight excluding hydrogens is 210 g/mol. The average molecular weight is 220 g/mol. The van der Waals surface area contributed by atoms with Gasteiger partial charge in [-0.1, -0.05) is 4.68 Å². The Hall–Kier alpha value is -2.24. The van der Waals surface area contributed by atoms with Crippen LogP contribution in [0.25, 0.3) is 11.5 Å². The van der Waals surface area contributed by atoms with Gasteiger partial charge in [0.2, 0.25) is 5.89 Å². The normalized spacial score (nSPS) is 10.2. The summed E-state index contributed by atoms with van der Waals surface area (Å²) >= 11 is 0. The Morgan fingerprint density at radius 1 is 1.56 bits per heavy atom. The van der Waals surface area contributed by atoms with Crippen LogP contribution in [0.15, 0.2) is 35.3 Å². The highest BCUT2D eigenvalue weighted by Crippen LogP contribution is 2.13. The fraction of sp³-hybridized carbons (Fsp3) is 0.200. The van der Waals surface area contributed by atoms with Gasteiger partial charge in [-0.15, -0.1) is 0 Å². The first-order valence-electron chi connectivity index (χ1n) is 4.73. The number of aromatic nitrogens is 3. The number of hydrogen-bond acceptors (Lipinski definition) is 4. The maximum Gasteiger partial charge on any atom is 0.309 e. The van der Waals surface area contributed by atoms with Gasteiger partial charge in [0, 0.05) is 6.07 Å². The molecule has 0 fully saturated rings. The molecule has 2 rings (SSSR count). The second kappa shape index (κ2) is 4.52. The number of carboxylic acids is 1. The second-order valence-corrected chi connectivity index (χ2v) is 3.16. The molecule has 2 aromatic rings. The van der Waals surface area contributed by atoms with E-state index in [2.05, 4.69) is 10.1 Å². The van der Waals surface area contributed by atoms with E-state index in [1.807, 2.05) is 0 Å². The summed E-state index contributed by atoms with van der Waals surface area (Å²) in [6.45, 7) is 0.348. The fourth-order valence-electron chi connectivity index (χ4n) is 1.22. The van der Waals surface area contributed by atoms with Crippen LogP contribution in [0.4, 0.5) is 0 Å². The third kappa shape index (κ3) is 2.41. The van der Waals surface area contributed by atoms with Crippen molar-refractivity contribution >= 4 is 5.97 Å². The molecule has 0 aliphatic carbocycles. The van der Waals surface area contributed by atoms with Crippen molar-refractivity contribution < 1.29 is 19.0 Å². The molecule has 0 aliphatic rings. The van der Waals surface area contributed by atoms with Crippen LogP contribution in [0.1, 0.15) is 6.42 Å². The third-order valence-electron chi connectivity index (χ3n) is 2.01. The van der Waals surface area contributed by atoms with Gasteiger partial charge in [-0.3, -0.25) is 4.79 Å². The summed E-state index contributed by atoms with van der Waals surface area (Å²) in [4.78, 5) is 14.3. The zero-order valence-corrected chi connectivity index (χ0v) is 8.41. The van der Waals surface area contributed by atoms with Crippen molar-refractivity contribution in [2.75, 3.05) is 0 Å². The lowest BCUT2D eigenvalue weighted by atomic mass is 10.3. The van der Waals surface area contributed by atoms with Crippen LogP contribution >= 0.6 is 0 Å². The van der Waals surface area contributed by atoms with E-state index in [0.717, 1.165) is 5.56 Å². The smallest absolute Gasteiger partial charge is 0.309 e. The van der Waals surface area contributed by atoms with E-state index in [4.69, 9.17) is 9.52 Å². The molecule has 0 bridgehead atoms. The molecule has 0 amide bonds. The number of aryl methyl sites for hydroxylation is 1. The van der Waals surface area contributed by atoms with Crippen LogP contribution in [-0.2, 0) is 11.3 Å². The van der Waals surface area contributed by atoms with Gasteiger partial charge in [-0.25, -0.2) is 4.98 Å². The van der Waals surface area contributed by atoms with Crippen LogP contribution in [0.5, 0.6) is 0 Å². The van der Waals surface area contributed by atoms with E-state index in [1.165, 1.54) is 6.26 Å². The summed E-state index contributed by atoms with van der Waals surface area (Å²) in [7, 11) is 0. The monoisotopic (exact) mass is 220 g/mol. The maximum atomic E-state index is 10.4. The van der Waals surface area contributed by atoms with E-state index < -0.39 is 5.97 Å². The van der Waals surface area contributed by atoms with Gasteiger partial charge in [-0.05, 0) is 5.10 Å². The molecule has 16 heavy (non-hydrogen) atoms. The molecule has 0 aliphatic heterocycles. The maximum absolute atomic E-state index is 10.4. The fourth-order valence-corrected chi connectivity index (χ4v) is 1.22. The highest BCUT2D eigenvalue weighted by Gasteiger charge is 2.09. The Balaban J connectivity index is 2.08. The molecule has 0 atom stereocenters. The predicted octanol–water partition coefficient (Wildman–Crippen LogP) is 0.499. The molecular formula is C10H10N3O3+. The van der Waals surface area contributed by atoms with Gasteiger partial charge < -0.3 is 9.52 Å². The van der Waals surface area contributed by atoms with Crippen molar-refractivity contribution in [3.63, 3.8) is 0 Å². The molecule has 2 aromatic heterocycles. The van der Waals surface area contributed by atoms with Crippen LogP contribution in [0.3, 0.4) is 0 Å². The summed E-state index contributed by atoms with van der Waals surface area (Å²) in [6, 6.07) is 1.78. The van der Waals surface area contributed by atoms with Crippen molar-refractivity contribution in [3.8, 4) is 11.5 Å². The molecule has 0 saturated carbocycles. The van der Waals surface area contributed by atoms with Gasteiger partial charge in [0.05, 0.1) is 11.8 Å². The molecule has 0 aromatic carbocycles. The minimum atomic E-state index is -0.842. The molecule has 0 saturated heterocycles. The highest BCUT2D eigenvalue weighted by molar-refractivity contribution is 5.66. The van der Waals surface area contributed by atoms with Crippen LogP contribution in [-0.4, -0.2) is 21.2 Å². The average Bonchev–Trinajstić information content (AvgIpc) is 2.80. The Bertz CT molecular complexity index is 465. The number of carboxylic acid groups (broad SMARTS) is 1. The van der Waals surface area contributed by atoms with Crippen molar-refractivity contribution in [1.82, 2.24) is 10.1 Å². The number of nitrogens with zero attached hydrogens (tertiary/aromatic N) is 3. The summed E-state index contributed by atoms with van der Waals surface area (Å²) in [6.07, 6.45) is 6.38. The first-order chi connectivity index (χ1) is 7.75. The Morgan fingerprint density at radius 3 is 3.00 bits per heavy atom. The Morgan fingerprint density at radius 2 is 2.44 bits per heavy atom. The Kier molecular flexibility index (Phi) is 2.90. The number of hydrogen-bond donors (Lipinski definition) is 1. The minimum absolute atomic E-state index is 0.0516. The molecule has 0 unspecified atom stereocenters. The lowest BCUT2D eigenvalue weighted by Gasteiger charge is -1.93. The topological polar surface area (TPSA) is 80.1 Å². The molecule has 6 heteroatoms. The zero-order valence-electron chi connectivity index (χ0n) is 8.41. The standard InChI is InChI=1S/C10H9N3O3/c14-9(15)2-5-13-4-1-8(7-12-13)10-11-3-6-16-10/h1,3-4,6-7H,2,5H2/p+1. The molecule has 82 valence electrons. The van der Waals surface area contributed by atoms with Crippen molar-refractivity contribution in [3.05, 3.63) is 30.9 Å². The lowest BCUT2D eigenvalue weighted by Crippen LogP contribution is -2.38. The predicted molar refractivity (Wildman–Crippen MR) is 52.2 cm³/mol. The van der Waals surface area contributed by atoms with Crippen molar-refractivity contribution in [2.24, 2.45) is 0 Å². The van der Waals surface area contributed by atoms with Crippen molar-refractivity contribution in [1.29, 1.82) is 0 Å². The summed E-state index contributed by atoms with van der Waals surface area (Å²) in [5, 5.41) is 12.6. The van der Waals surface area contributed by atoms with Gasteiger partial charge in [-0.2, -0.15) is 0 Å². The summed E-state index contributed by atoms with van der Waals surface area (Å²) in [5.74, 6) is -0.344. The third-order valence-corrected chi connectivity index (χ3v) is 2.01. The first kappa shape index (κ1) is 10.3. The number of oxazole rings is 1. The zero-order chi connectivity index (χ0) is 11.4. The summed E-state index contributed by atoms with van der Waals surface area (Å²) in [5.41, 5.74) is 0.761. The van der Waals surface area contributed by atoms with Gasteiger partial charge >= 0.3 is 5.97 Å². The SMILES string of the molecule is O=C(O)CC[n+]1ccc(-c2ncco2)cn1. The van der Waals surface area contributed by atoms with E-state index in [9.17, 15) is 4.79 Å². The van der Waals surface area contributed by atoms with E-state index in [0.29, 0.717) is 12.4 Å². The van der Waals surface area contributed by atoms with Crippen LogP contribution in [0.2, 0.25) is 0 Å². The van der Waals surface area contributed by atoms with Crippen LogP contribution in [0, 0.1) is 0 Å². The van der Waals surface area contributed by atoms with E-state index in [-0.39, 0.29) is 6.42 Å². The van der Waals surface area contributed by atoms with Gasteiger partial charge in [0.1, 0.15) is 18.9 Å². The Labute approximate surface area is 91.2 Å². The molecule has 0 radical (unpaired) electrons. The lowest BCUT2D eigenvalue weighted by molar-refractivity contribution is -0.752. The minimum Gasteiger partial charge on any atom is -0.481 e. The number of carbonyl (C=O) groups is 1. The summed E-state index contributed by atoms with van der Waals surface area (Å²) < 4.78 is 6.66. The van der Waals surface area contributed by atoms with E-state index in [1.54, 1.807) is 29.3 Å². The molecule has 0 spiro atoms. The van der Waals surface area contributed by atoms with Crippen molar-refractivity contribution in [2.45, 2.75) is 13.0 Å². The highest BCUT2D eigenvalue weighted by atomic mass is 16.4. The second-order valence-electron chi connectivity index (χ2n) is 3.16.